The molecule has 0 aliphatic carbocycles. The Kier molecular flexibility index (Phi) is 10.5. The molecule has 4 aromatic rings. The average molecular weight is 556 g/mol. The molecule has 1 heterocycles. The summed E-state index contributed by atoms with van der Waals surface area (Å²) in [5.74, 6) is 0.747. The predicted molar refractivity (Wildman–Crippen MR) is 161 cm³/mol. The second-order valence-electron chi connectivity index (χ2n) is 10.0. The summed E-state index contributed by atoms with van der Waals surface area (Å²) in [5.41, 5.74) is 8.80. The standard InChI is InChI=1S/C34H39BrN2/c1-3-5-7-9-26-11-13-28(14-12-26)15-16-29-19-22-32(33(35)23-29)34-36-24-31(25-37-34)30-20-17-27(18-21-30)10-8-6-4-2/h11-14,17-25H,3-10,15-16H2,1-2H3. The van der Waals surface area contributed by atoms with E-state index in [0.29, 0.717) is 0 Å². The van der Waals surface area contributed by atoms with E-state index in [0.717, 1.165) is 46.2 Å². The highest BCUT2D eigenvalue weighted by Crippen LogP contribution is 2.28. The van der Waals surface area contributed by atoms with E-state index in [2.05, 4.69) is 106 Å². The molecule has 0 N–H and O–H groups in total. The van der Waals surface area contributed by atoms with Crippen LogP contribution in [0.5, 0.6) is 0 Å². The summed E-state index contributed by atoms with van der Waals surface area (Å²) < 4.78 is 1.04. The SMILES string of the molecule is CCCCCc1ccc(CCc2ccc(-c3ncc(-c4ccc(CCCCC)cc4)cn3)c(Br)c2)cc1. The van der Waals surface area contributed by atoms with Crippen LogP contribution in [0.2, 0.25) is 0 Å². The molecule has 4 rings (SSSR count). The van der Waals surface area contributed by atoms with Crippen LogP contribution in [0.3, 0.4) is 0 Å². The molecule has 0 fully saturated rings. The fourth-order valence-electron chi connectivity index (χ4n) is 4.70. The van der Waals surface area contributed by atoms with Gasteiger partial charge in [0.1, 0.15) is 0 Å². The molecule has 3 heteroatoms. The highest BCUT2D eigenvalue weighted by atomic mass is 79.9. The first-order valence-corrected chi connectivity index (χ1v) is 14.7. The van der Waals surface area contributed by atoms with E-state index in [9.17, 15) is 0 Å². The van der Waals surface area contributed by atoms with E-state index in [1.807, 2.05) is 12.4 Å². The molecule has 0 bridgehead atoms. The maximum Gasteiger partial charge on any atom is 0.160 e. The van der Waals surface area contributed by atoms with Crippen molar-refractivity contribution in [2.75, 3.05) is 0 Å². The van der Waals surface area contributed by atoms with Crippen LogP contribution in [0, 0.1) is 0 Å². The third kappa shape index (κ3) is 8.10. The summed E-state index contributed by atoms with van der Waals surface area (Å²) in [6.07, 6.45) is 16.0. The third-order valence-corrected chi connectivity index (χ3v) is 7.73. The van der Waals surface area contributed by atoms with Gasteiger partial charge in [0, 0.05) is 28.0 Å². The number of hydrogen-bond acceptors (Lipinski definition) is 2. The summed E-state index contributed by atoms with van der Waals surface area (Å²) in [5, 5.41) is 0. The highest BCUT2D eigenvalue weighted by Gasteiger charge is 2.09. The minimum absolute atomic E-state index is 0.747. The van der Waals surface area contributed by atoms with Gasteiger partial charge < -0.3 is 0 Å². The zero-order valence-electron chi connectivity index (χ0n) is 22.3. The van der Waals surface area contributed by atoms with E-state index in [1.165, 1.54) is 67.2 Å². The summed E-state index contributed by atoms with van der Waals surface area (Å²) in [4.78, 5) is 9.37. The Morgan fingerprint density at radius 3 is 1.57 bits per heavy atom. The van der Waals surface area contributed by atoms with Crippen molar-refractivity contribution < 1.29 is 0 Å². The number of hydrogen-bond donors (Lipinski definition) is 0. The maximum absolute atomic E-state index is 4.69. The largest absolute Gasteiger partial charge is 0.236 e. The molecule has 0 amide bonds. The van der Waals surface area contributed by atoms with E-state index < -0.39 is 0 Å². The van der Waals surface area contributed by atoms with Gasteiger partial charge in [-0.3, -0.25) is 0 Å². The second kappa shape index (κ2) is 14.2. The Morgan fingerprint density at radius 2 is 1.03 bits per heavy atom. The number of rotatable bonds is 13. The first-order valence-electron chi connectivity index (χ1n) is 13.9. The molecule has 3 aromatic carbocycles. The third-order valence-electron chi connectivity index (χ3n) is 7.08. The Morgan fingerprint density at radius 1 is 0.541 bits per heavy atom. The van der Waals surface area contributed by atoms with Crippen LogP contribution in [0.1, 0.15) is 74.6 Å². The zero-order valence-corrected chi connectivity index (χ0v) is 23.9. The summed E-state index contributed by atoms with van der Waals surface area (Å²) in [7, 11) is 0. The zero-order chi connectivity index (χ0) is 25.9. The van der Waals surface area contributed by atoms with Gasteiger partial charge in [0.2, 0.25) is 0 Å². The Labute approximate surface area is 231 Å². The van der Waals surface area contributed by atoms with Crippen molar-refractivity contribution in [3.63, 3.8) is 0 Å². The van der Waals surface area contributed by atoms with Crippen LogP contribution in [0.15, 0.2) is 83.6 Å². The number of halogens is 1. The van der Waals surface area contributed by atoms with Crippen molar-refractivity contribution in [3.8, 4) is 22.5 Å². The molecule has 0 aliphatic heterocycles. The molecular formula is C34H39BrN2. The quantitative estimate of drug-likeness (QED) is 0.154. The highest BCUT2D eigenvalue weighted by molar-refractivity contribution is 9.10. The van der Waals surface area contributed by atoms with Crippen molar-refractivity contribution in [2.45, 2.75) is 78.1 Å². The summed E-state index contributed by atoms with van der Waals surface area (Å²) in [6.45, 7) is 4.50. The van der Waals surface area contributed by atoms with Gasteiger partial charge >= 0.3 is 0 Å². The van der Waals surface area contributed by atoms with E-state index >= 15 is 0 Å². The van der Waals surface area contributed by atoms with Crippen molar-refractivity contribution in [2.24, 2.45) is 0 Å². The lowest BCUT2D eigenvalue weighted by molar-refractivity contribution is 0.717. The van der Waals surface area contributed by atoms with Crippen LogP contribution in [-0.2, 0) is 25.7 Å². The predicted octanol–water partition coefficient (Wildman–Crippen LogP) is 9.82. The molecule has 1 aromatic heterocycles. The fourth-order valence-corrected chi connectivity index (χ4v) is 5.30. The average Bonchev–Trinajstić information content (AvgIpc) is 2.93. The Hall–Kier alpha value is -2.78. The monoisotopic (exact) mass is 554 g/mol. The van der Waals surface area contributed by atoms with Gasteiger partial charge in [0.25, 0.3) is 0 Å². The first kappa shape index (κ1) is 27.3. The molecule has 0 saturated heterocycles. The van der Waals surface area contributed by atoms with Crippen LogP contribution in [-0.4, -0.2) is 9.97 Å². The number of benzene rings is 3. The lowest BCUT2D eigenvalue weighted by Crippen LogP contribution is -1.95. The molecule has 0 saturated carbocycles. The number of nitrogens with zero attached hydrogens (tertiary/aromatic N) is 2. The fraction of sp³-hybridized carbons (Fsp3) is 0.353. The minimum Gasteiger partial charge on any atom is -0.236 e. The molecular weight excluding hydrogens is 516 g/mol. The van der Waals surface area contributed by atoms with Crippen LogP contribution < -0.4 is 0 Å². The van der Waals surface area contributed by atoms with Gasteiger partial charge in [-0.05, 0) is 78.5 Å². The second-order valence-corrected chi connectivity index (χ2v) is 10.9. The van der Waals surface area contributed by atoms with Gasteiger partial charge in [0.15, 0.2) is 5.82 Å². The smallest absolute Gasteiger partial charge is 0.160 e. The van der Waals surface area contributed by atoms with E-state index in [1.54, 1.807) is 0 Å². The van der Waals surface area contributed by atoms with Gasteiger partial charge in [-0.2, -0.15) is 0 Å². The van der Waals surface area contributed by atoms with Gasteiger partial charge in [-0.15, -0.1) is 0 Å². The van der Waals surface area contributed by atoms with E-state index in [-0.39, 0.29) is 0 Å². The molecule has 192 valence electrons. The molecule has 0 spiro atoms. The van der Waals surface area contributed by atoms with E-state index in [4.69, 9.17) is 0 Å². The van der Waals surface area contributed by atoms with Gasteiger partial charge in [0.05, 0.1) is 0 Å². The number of aromatic nitrogens is 2. The first-order chi connectivity index (χ1) is 18.2. The van der Waals surface area contributed by atoms with Crippen molar-refractivity contribution >= 4 is 15.9 Å². The number of unbranched alkanes of at least 4 members (excludes halogenated alkanes) is 4. The molecule has 0 radical (unpaired) electrons. The molecule has 2 nitrogen and oxygen atoms in total. The topological polar surface area (TPSA) is 25.8 Å². The summed E-state index contributed by atoms with van der Waals surface area (Å²) in [6, 6.07) is 24.6. The molecule has 0 atom stereocenters. The Bertz CT molecular complexity index is 1230. The van der Waals surface area contributed by atoms with Crippen LogP contribution >= 0.6 is 15.9 Å². The molecule has 37 heavy (non-hydrogen) atoms. The lowest BCUT2D eigenvalue weighted by Gasteiger charge is -2.09. The maximum atomic E-state index is 4.69. The van der Waals surface area contributed by atoms with Crippen molar-refractivity contribution in [1.82, 2.24) is 9.97 Å². The Balaban J connectivity index is 1.34. The minimum atomic E-state index is 0.747. The van der Waals surface area contributed by atoms with Gasteiger partial charge in [-0.1, -0.05) is 110 Å². The number of aryl methyl sites for hydroxylation is 4. The van der Waals surface area contributed by atoms with Crippen molar-refractivity contribution in [3.05, 3.63) is 106 Å². The molecule has 0 unspecified atom stereocenters. The molecule has 0 aliphatic rings. The van der Waals surface area contributed by atoms with Crippen LogP contribution in [0.4, 0.5) is 0 Å². The lowest BCUT2D eigenvalue weighted by atomic mass is 10.0. The van der Waals surface area contributed by atoms with Crippen molar-refractivity contribution in [1.29, 1.82) is 0 Å². The summed E-state index contributed by atoms with van der Waals surface area (Å²) >= 11 is 3.77. The van der Waals surface area contributed by atoms with Crippen LogP contribution in [0.25, 0.3) is 22.5 Å². The van der Waals surface area contributed by atoms with Gasteiger partial charge in [-0.25, -0.2) is 9.97 Å². The normalized spacial score (nSPS) is 11.1.